The summed E-state index contributed by atoms with van der Waals surface area (Å²) in [5, 5.41) is 0.537. The van der Waals surface area contributed by atoms with Crippen LogP contribution in [0.1, 0.15) is 12.8 Å². The van der Waals surface area contributed by atoms with E-state index in [1.54, 1.807) is 12.1 Å². The molecule has 0 saturated carbocycles. The molecular weight excluding hydrogens is 272 g/mol. The Hall–Kier alpha value is -0.620. The second-order valence-electron chi connectivity index (χ2n) is 4.56. The number of benzene rings is 1. The highest BCUT2D eigenvalue weighted by atomic mass is 35.5. The van der Waals surface area contributed by atoms with Gasteiger partial charge in [0.2, 0.25) is 10.0 Å². The largest absolute Gasteiger partial charge is 0.334 e. The molecule has 100 valence electrons. The van der Waals surface area contributed by atoms with Crippen molar-refractivity contribution < 1.29 is 13.3 Å². The Morgan fingerprint density at radius 2 is 1.78 bits per heavy atom. The van der Waals surface area contributed by atoms with E-state index in [4.69, 9.17) is 11.6 Å². The third kappa shape index (κ3) is 3.68. The number of rotatable bonds is 5. The predicted molar refractivity (Wildman–Crippen MR) is 71.4 cm³/mol. The predicted octanol–water partition coefficient (Wildman–Crippen LogP) is 0.297. The van der Waals surface area contributed by atoms with Crippen LogP contribution in [0.25, 0.3) is 0 Å². The van der Waals surface area contributed by atoms with Crippen LogP contribution >= 0.6 is 11.6 Å². The number of hydrogen-bond donors (Lipinski definition) is 2. The fourth-order valence-corrected chi connectivity index (χ4v) is 3.34. The first-order chi connectivity index (χ1) is 8.58. The van der Waals surface area contributed by atoms with Gasteiger partial charge in [-0.25, -0.2) is 13.1 Å². The van der Waals surface area contributed by atoms with E-state index in [0.29, 0.717) is 11.6 Å². The van der Waals surface area contributed by atoms with Crippen LogP contribution in [0, 0.1) is 0 Å². The van der Waals surface area contributed by atoms with Gasteiger partial charge in [0.25, 0.3) is 0 Å². The zero-order valence-corrected chi connectivity index (χ0v) is 11.7. The topological polar surface area (TPSA) is 50.6 Å². The van der Waals surface area contributed by atoms with Gasteiger partial charge in [-0.1, -0.05) is 11.6 Å². The molecule has 1 saturated heterocycles. The van der Waals surface area contributed by atoms with Crippen LogP contribution < -0.4 is 9.62 Å². The molecule has 6 heteroatoms. The number of halogens is 1. The number of hydrogen-bond acceptors (Lipinski definition) is 2. The Balaban J connectivity index is 1.88. The maximum absolute atomic E-state index is 12.0. The van der Waals surface area contributed by atoms with E-state index in [2.05, 4.69) is 4.72 Å². The third-order valence-electron chi connectivity index (χ3n) is 3.21. The Kier molecular flexibility index (Phi) is 4.61. The molecule has 1 heterocycles. The van der Waals surface area contributed by atoms with Gasteiger partial charge in [0.1, 0.15) is 0 Å². The van der Waals surface area contributed by atoms with Gasteiger partial charge in [-0.15, -0.1) is 0 Å². The first-order valence-corrected chi connectivity index (χ1v) is 8.03. The smallest absolute Gasteiger partial charge is 0.240 e. The van der Waals surface area contributed by atoms with Crippen LogP contribution in [0.2, 0.25) is 5.02 Å². The molecule has 2 N–H and O–H groups in total. The summed E-state index contributed by atoms with van der Waals surface area (Å²) in [6.07, 6.45) is 2.50. The molecule has 0 unspecified atom stereocenters. The SMILES string of the molecule is O=S(=O)(NCC[NH+]1CCCC1)c1ccc(Cl)cc1. The van der Waals surface area contributed by atoms with Crippen molar-refractivity contribution in [1.29, 1.82) is 0 Å². The van der Waals surface area contributed by atoms with Gasteiger partial charge in [-0.05, 0) is 24.3 Å². The van der Waals surface area contributed by atoms with E-state index < -0.39 is 10.0 Å². The van der Waals surface area contributed by atoms with E-state index in [1.165, 1.54) is 29.9 Å². The summed E-state index contributed by atoms with van der Waals surface area (Å²) in [6, 6.07) is 6.21. The Morgan fingerprint density at radius 1 is 1.17 bits per heavy atom. The normalized spacial score (nSPS) is 17.2. The molecule has 0 spiro atoms. The van der Waals surface area contributed by atoms with E-state index >= 15 is 0 Å². The number of sulfonamides is 1. The van der Waals surface area contributed by atoms with Gasteiger partial charge in [-0.3, -0.25) is 0 Å². The Bertz CT molecular complexity index is 481. The van der Waals surface area contributed by atoms with E-state index in [0.717, 1.165) is 19.6 Å². The zero-order chi connectivity index (χ0) is 13.0. The fraction of sp³-hybridized carbons (Fsp3) is 0.500. The lowest BCUT2D eigenvalue weighted by Crippen LogP contribution is -3.10. The lowest BCUT2D eigenvalue weighted by Gasteiger charge is -2.12. The van der Waals surface area contributed by atoms with Gasteiger partial charge < -0.3 is 4.90 Å². The lowest BCUT2D eigenvalue weighted by atomic mass is 10.4. The van der Waals surface area contributed by atoms with Crippen LogP contribution in [-0.4, -0.2) is 34.6 Å². The molecule has 2 rings (SSSR count). The summed E-state index contributed by atoms with van der Waals surface area (Å²) < 4.78 is 26.5. The molecule has 1 aromatic carbocycles. The minimum Gasteiger partial charge on any atom is -0.334 e. The highest BCUT2D eigenvalue weighted by Crippen LogP contribution is 2.13. The molecule has 18 heavy (non-hydrogen) atoms. The summed E-state index contributed by atoms with van der Waals surface area (Å²) in [5.74, 6) is 0. The van der Waals surface area contributed by atoms with Crippen LogP contribution in [-0.2, 0) is 10.0 Å². The van der Waals surface area contributed by atoms with Crippen LogP contribution in [0.4, 0.5) is 0 Å². The van der Waals surface area contributed by atoms with Crippen molar-refractivity contribution in [2.24, 2.45) is 0 Å². The van der Waals surface area contributed by atoms with Crippen molar-refractivity contribution in [2.75, 3.05) is 26.2 Å². The highest BCUT2D eigenvalue weighted by molar-refractivity contribution is 7.89. The summed E-state index contributed by atoms with van der Waals surface area (Å²) in [5.41, 5.74) is 0. The molecule has 1 aliphatic heterocycles. The van der Waals surface area contributed by atoms with Crippen LogP contribution in [0.5, 0.6) is 0 Å². The standard InChI is InChI=1S/C12H17ClN2O2S/c13-11-3-5-12(6-4-11)18(16,17)14-7-10-15-8-1-2-9-15/h3-6,14H,1-2,7-10H2/p+1. The molecule has 0 bridgehead atoms. The molecule has 0 aliphatic carbocycles. The molecular formula is C12H18ClN2O2S+. The molecule has 1 fully saturated rings. The second kappa shape index (κ2) is 6.02. The first-order valence-electron chi connectivity index (χ1n) is 6.17. The Labute approximate surface area is 113 Å². The average Bonchev–Trinajstić information content (AvgIpc) is 2.82. The molecule has 0 aromatic heterocycles. The maximum atomic E-state index is 12.0. The van der Waals surface area contributed by atoms with Crippen molar-refractivity contribution in [3.8, 4) is 0 Å². The minimum absolute atomic E-state index is 0.267. The summed E-state index contributed by atoms with van der Waals surface area (Å²) >= 11 is 5.73. The van der Waals surface area contributed by atoms with Crippen molar-refractivity contribution in [1.82, 2.24) is 4.72 Å². The molecule has 0 atom stereocenters. The Morgan fingerprint density at radius 3 is 2.39 bits per heavy atom. The molecule has 1 aliphatic rings. The first kappa shape index (κ1) is 13.8. The molecule has 4 nitrogen and oxygen atoms in total. The number of quaternary nitrogens is 1. The molecule has 0 amide bonds. The second-order valence-corrected chi connectivity index (χ2v) is 6.76. The maximum Gasteiger partial charge on any atom is 0.240 e. The van der Waals surface area contributed by atoms with E-state index in [1.807, 2.05) is 0 Å². The summed E-state index contributed by atoms with van der Waals surface area (Å²) in [4.78, 5) is 1.75. The van der Waals surface area contributed by atoms with Gasteiger partial charge in [0.15, 0.2) is 0 Å². The average molecular weight is 290 g/mol. The number of likely N-dealkylation sites (tertiary alicyclic amines) is 1. The summed E-state index contributed by atoms with van der Waals surface area (Å²) in [7, 11) is -3.39. The van der Waals surface area contributed by atoms with Gasteiger partial charge in [0.05, 0.1) is 31.1 Å². The zero-order valence-electron chi connectivity index (χ0n) is 10.2. The van der Waals surface area contributed by atoms with Crippen molar-refractivity contribution >= 4 is 21.6 Å². The molecule has 0 radical (unpaired) electrons. The fourth-order valence-electron chi connectivity index (χ4n) is 2.18. The van der Waals surface area contributed by atoms with Crippen LogP contribution in [0.15, 0.2) is 29.2 Å². The monoisotopic (exact) mass is 289 g/mol. The van der Waals surface area contributed by atoms with E-state index in [9.17, 15) is 8.42 Å². The van der Waals surface area contributed by atoms with Crippen LogP contribution in [0.3, 0.4) is 0 Å². The van der Waals surface area contributed by atoms with Crippen molar-refractivity contribution in [3.05, 3.63) is 29.3 Å². The third-order valence-corrected chi connectivity index (χ3v) is 4.93. The minimum atomic E-state index is -3.39. The summed E-state index contributed by atoms with van der Waals surface area (Å²) in [6.45, 7) is 3.65. The van der Waals surface area contributed by atoms with Gasteiger partial charge in [-0.2, -0.15) is 0 Å². The quantitative estimate of drug-likeness (QED) is 0.819. The van der Waals surface area contributed by atoms with Gasteiger partial charge >= 0.3 is 0 Å². The van der Waals surface area contributed by atoms with Gasteiger partial charge in [0, 0.05) is 17.9 Å². The van der Waals surface area contributed by atoms with Crippen molar-refractivity contribution in [3.63, 3.8) is 0 Å². The van der Waals surface area contributed by atoms with Crippen molar-refractivity contribution in [2.45, 2.75) is 17.7 Å². The van der Waals surface area contributed by atoms with E-state index in [-0.39, 0.29) is 4.90 Å². The highest BCUT2D eigenvalue weighted by Gasteiger charge is 2.17. The lowest BCUT2D eigenvalue weighted by molar-refractivity contribution is -0.886. The number of nitrogens with one attached hydrogen (secondary N) is 2. The molecule has 1 aromatic rings.